The van der Waals surface area contributed by atoms with Crippen LogP contribution in [0.3, 0.4) is 0 Å². The lowest BCUT2D eigenvalue weighted by molar-refractivity contribution is 0.667. The van der Waals surface area contributed by atoms with Crippen LogP contribution in [0.5, 0.6) is 0 Å². The van der Waals surface area contributed by atoms with Gasteiger partial charge in [0.25, 0.3) is 0 Å². The Morgan fingerprint density at radius 1 is 0.590 bits per heavy atom. The summed E-state index contributed by atoms with van der Waals surface area (Å²) in [7, 11) is 0. The number of pyridine rings is 1. The van der Waals surface area contributed by atoms with Gasteiger partial charge in [-0.15, -0.1) is 0 Å². The Balaban J connectivity index is 1.33. The number of aliphatic imine (C=N–C) groups is 2. The molecule has 1 atom stereocenters. The van der Waals surface area contributed by atoms with Crippen molar-refractivity contribution in [3.05, 3.63) is 138 Å². The number of hydrogen-bond acceptors (Lipinski definition) is 5. The minimum absolute atomic E-state index is 0.416. The van der Waals surface area contributed by atoms with E-state index in [1.807, 2.05) is 24.4 Å². The fourth-order valence-corrected chi connectivity index (χ4v) is 5.44. The summed E-state index contributed by atoms with van der Waals surface area (Å²) in [6.07, 6.45) is 3.21. The summed E-state index contributed by atoms with van der Waals surface area (Å²) in [5.74, 6) is 1.49. The molecule has 5 nitrogen and oxygen atoms in total. The average Bonchev–Trinajstić information content (AvgIpc) is 3.39. The van der Waals surface area contributed by atoms with Gasteiger partial charge in [-0.1, -0.05) is 91.0 Å². The molecule has 1 aliphatic rings. The van der Waals surface area contributed by atoms with E-state index in [0.29, 0.717) is 0 Å². The van der Waals surface area contributed by atoms with Crippen LogP contribution in [0, 0.1) is 0 Å². The van der Waals surface area contributed by atoms with Gasteiger partial charge in [0, 0.05) is 28.1 Å². The van der Waals surface area contributed by atoms with Crippen molar-refractivity contribution in [2.75, 3.05) is 0 Å². The zero-order valence-corrected chi connectivity index (χ0v) is 20.9. The maximum absolute atomic E-state index is 6.13. The molecular formula is C34H22N4O. The third kappa shape index (κ3) is 3.67. The van der Waals surface area contributed by atoms with Crippen LogP contribution in [-0.4, -0.2) is 16.7 Å². The molecule has 8 rings (SSSR count). The molecule has 0 spiro atoms. The van der Waals surface area contributed by atoms with Crippen molar-refractivity contribution in [2.45, 2.75) is 6.17 Å². The van der Waals surface area contributed by atoms with Gasteiger partial charge < -0.3 is 9.73 Å². The summed E-state index contributed by atoms with van der Waals surface area (Å²) in [6.45, 7) is 0. The highest BCUT2D eigenvalue weighted by atomic mass is 16.3. The van der Waals surface area contributed by atoms with E-state index < -0.39 is 6.17 Å². The van der Waals surface area contributed by atoms with Gasteiger partial charge in [0.05, 0.1) is 6.20 Å². The standard InChI is InChI=1S/C34H22N4O/c1-3-9-23-17-25(15-13-21(23)7-1)32-36-33(26-16-14-22-8-2-4-10-24(22)18-26)38-34(37-32)28-19-35-20-30-31(28)27-11-5-6-12-29(27)39-30/h1-20,32H,(H,36,37,38). The zero-order chi connectivity index (χ0) is 25.8. The number of furan rings is 1. The fourth-order valence-electron chi connectivity index (χ4n) is 5.44. The molecule has 0 amide bonds. The van der Waals surface area contributed by atoms with Crippen LogP contribution < -0.4 is 5.32 Å². The first-order valence-corrected chi connectivity index (χ1v) is 13.0. The number of benzene rings is 5. The molecule has 1 unspecified atom stereocenters. The van der Waals surface area contributed by atoms with Crippen molar-refractivity contribution >= 4 is 55.2 Å². The van der Waals surface area contributed by atoms with Gasteiger partial charge in [-0.05, 0) is 45.3 Å². The Hall–Kier alpha value is -5.29. The van der Waals surface area contributed by atoms with E-state index in [4.69, 9.17) is 14.4 Å². The number of nitrogens with one attached hydrogen (secondary N) is 1. The second-order valence-electron chi connectivity index (χ2n) is 9.78. The third-order valence-electron chi connectivity index (χ3n) is 7.38. The first-order chi connectivity index (χ1) is 19.3. The van der Waals surface area contributed by atoms with Crippen molar-refractivity contribution in [3.63, 3.8) is 0 Å². The molecular weight excluding hydrogens is 480 g/mol. The van der Waals surface area contributed by atoms with Crippen molar-refractivity contribution in [1.29, 1.82) is 0 Å². The molecule has 5 heteroatoms. The first kappa shape index (κ1) is 21.8. The molecule has 39 heavy (non-hydrogen) atoms. The molecule has 5 aromatic carbocycles. The first-order valence-electron chi connectivity index (χ1n) is 13.0. The summed E-state index contributed by atoms with van der Waals surface area (Å²) < 4.78 is 6.13. The number of rotatable bonds is 3. The summed E-state index contributed by atoms with van der Waals surface area (Å²) in [5, 5.41) is 10.3. The van der Waals surface area contributed by atoms with Crippen molar-refractivity contribution in [1.82, 2.24) is 10.3 Å². The van der Waals surface area contributed by atoms with Crippen LogP contribution in [0.15, 0.2) is 136 Å². The van der Waals surface area contributed by atoms with Crippen LogP contribution in [0.4, 0.5) is 0 Å². The number of para-hydroxylation sites is 1. The van der Waals surface area contributed by atoms with Gasteiger partial charge in [0.15, 0.2) is 11.7 Å². The molecule has 0 radical (unpaired) electrons. The van der Waals surface area contributed by atoms with Crippen LogP contribution in [0.25, 0.3) is 43.5 Å². The Bertz CT molecular complexity index is 2120. The normalized spacial score (nSPS) is 15.4. The van der Waals surface area contributed by atoms with Crippen LogP contribution in [0.2, 0.25) is 0 Å². The largest absolute Gasteiger partial charge is 0.454 e. The zero-order valence-electron chi connectivity index (χ0n) is 20.9. The topological polar surface area (TPSA) is 62.8 Å². The molecule has 2 aromatic heterocycles. The van der Waals surface area contributed by atoms with E-state index in [-0.39, 0.29) is 0 Å². The van der Waals surface area contributed by atoms with Gasteiger partial charge in [-0.3, -0.25) is 4.98 Å². The highest BCUT2D eigenvalue weighted by Gasteiger charge is 2.24. The lowest BCUT2D eigenvalue weighted by Crippen LogP contribution is -2.36. The van der Waals surface area contributed by atoms with E-state index >= 15 is 0 Å². The SMILES string of the molecule is c1ccc2cc(C3=NC(c4ccc5ccccc5c4)N=C(c4cncc5oc6ccccc6c45)N3)ccc2c1. The van der Waals surface area contributed by atoms with Crippen LogP contribution >= 0.6 is 0 Å². The Labute approximate surface area is 224 Å². The monoisotopic (exact) mass is 502 g/mol. The molecule has 1 N–H and O–H groups in total. The van der Waals surface area contributed by atoms with E-state index in [9.17, 15) is 0 Å². The third-order valence-corrected chi connectivity index (χ3v) is 7.38. The Morgan fingerprint density at radius 3 is 2.13 bits per heavy atom. The molecule has 184 valence electrons. The van der Waals surface area contributed by atoms with Gasteiger partial charge in [0.1, 0.15) is 17.3 Å². The lowest BCUT2D eigenvalue weighted by Gasteiger charge is -2.23. The number of nitrogens with zero attached hydrogens (tertiary/aromatic N) is 3. The second kappa shape index (κ2) is 8.64. The predicted octanol–water partition coefficient (Wildman–Crippen LogP) is 7.78. The van der Waals surface area contributed by atoms with E-state index in [1.54, 1.807) is 6.20 Å². The maximum atomic E-state index is 6.13. The van der Waals surface area contributed by atoms with Gasteiger partial charge in [0.2, 0.25) is 0 Å². The number of fused-ring (bicyclic) bond motifs is 5. The fraction of sp³-hybridized carbons (Fsp3) is 0.0294. The number of hydrogen-bond donors (Lipinski definition) is 1. The summed E-state index contributed by atoms with van der Waals surface area (Å²) in [5.41, 5.74) is 4.48. The quantitative estimate of drug-likeness (QED) is 0.268. The molecule has 0 saturated carbocycles. The summed E-state index contributed by atoms with van der Waals surface area (Å²) >= 11 is 0. The molecule has 1 aliphatic heterocycles. The van der Waals surface area contributed by atoms with E-state index in [2.05, 4.69) is 101 Å². The van der Waals surface area contributed by atoms with E-state index in [0.717, 1.165) is 61.1 Å². The molecule has 3 heterocycles. The van der Waals surface area contributed by atoms with Crippen LogP contribution in [-0.2, 0) is 0 Å². The molecule has 0 fully saturated rings. The Morgan fingerprint density at radius 2 is 1.28 bits per heavy atom. The molecule has 0 saturated heterocycles. The molecule has 7 aromatic rings. The van der Waals surface area contributed by atoms with Gasteiger partial charge >= 0.3 is 0 Å². The second-order valence-corrected chi connectivity index (χ2v) is 9.78. The summed E-state index contributed by atoms with van der Waals surface area (Å²) in [6, 6.07) is 37.6. The van der Waals surface area contributed by atoms with E-state index in [1.165, 1.54) is 10.8 Å². The van der Waals surface area contributed by atoms with Crippen molar-refractivity contribution in [2.24, 2.45) is 9.98 Å². The van der Waals surface area contributed by atoms with Gasteiger partial charge in [-0.2, -0.15) is 0 Å². The van der Waals surface area contributed by atoms with Crippen molar-refractivity contribution in [3.8, 4) is 0 Å². The smallest absolute Gasteiger partial charge is 0.169 e. The number of amidine groups is 2. The minimum atomic E-state index is -0.416. The Kier molecular flexibility index (Phi) is 4.82. The molecule has 0 bridgehead atoms. The highest BCUT2D eigenvalue weighted by Crippen LogP contribution is 2.33. The minimum Gasteiger partial charge on any atom is -0.454 e. The van der Waals surface area contributed by atoms with Gasteiger partial charge in [-0.25, -0.2) is 9.98 Å². The lowest BCUT2D eigenvalue weighted by atomic mass is 10.0. The number of aromatic nitrogens is 1. The molecule has 0 aliphatic carbocycles. The highest BCUT2D eigenvalue weighted by molar-refractivity contribution is 6.23. The van der Waals surface area contributed by atoms with Crippen LogP contribution in [0.1, 0.15) is 22.9 Å². The summed E-state index contributed by atoms with van der Waals surface area (Å²) in [4.78, 5) is 14.8. The van der Waals surface area contributed by atoms with Crippen molar-refractivity contribution < 1.29 is 4.42 Å². The average molecular weight is 503 g/mol. The maximum Gasteiger partial charge on any atom is 0.169 e. The predicted molar refractivity (Wildman–Crippen MR) is 158 cm³/mol.